The summed E-state index contributed by atoms with van der Waals surface area (Å²) in [5.41, 5.74) is 1.98. The minimum absolute atomic E-state index is 0.0619. The number of amides is 1. The van der Waals surface area contributed by atoms with Crippen molar-refractivity contribution in [3.8, 4) is 0 Å². The van der Waals surface area contributed by atoms with E-state index in [2.05, 4.69) is 36.7 Å². The number of rotatable bonds is 2. The number of hydrogen-bond donors (Lipinski definition) is 0. The monoisotopic (exact) mass is 297 g/mol. The highest BCUT2D eigenvalue weighted by molar-refractivity contribution is 9.10. The van der Waals surface area contributed by atoms with Crippen LogP contribution in [0.25, 0.3) is 0 Å². The van der Waals surface area contributed by atoms with Crippen LogP contribution in [0, 0.1) is 12.3 Å². The van der Waals surface area contributed by atoms with Crippen LogP contribution in [0.15, 0.2) is 22.7 Å². The molecule has 1 rings (SSSR count). The Balaban J connectivity index is 2.89. The molecule has 0 N–H and O–H groups in total. The molecule has 0 aliphatic rings. The fourth-order valence-electron chi connectivity index (χ4n) is 1.78. The molecule has 0 fully saturated rings. The van der Waals surface area contributed by atoms with Gasteiger partial charge in [-0.15, -0.1) is 0 Å². The summed E-state index contributed by atoms with van der Waals surface area (Å²) < 4.78 is 0.864. The second-order valence-electron chi connectivity index (χ2n) is 5.71. The van der Waals surface area contributed by atoms with E-state index < -0.39 is 0 Å². The third-order valence-corrected chi connectivity index (χ3v) is 3.07. The SMILES string of the molecule is Cc1ccc(C(=O)N(C)CC(C)(C)C)c(Br)c1. The summed E-state index contributed by atoms with van der Waals surface area (Å²) in [5, 5.41) is 0. The van der Waals surface area contributed by atoms with Crippen LogP contribution in [-0.4, -0.2) is 24.4 Å². The van der Waals surface area contributed by atoms with Gasteiger partial charge in [0.05, 0.1) is 5.56 Å². The highest BCUT2D eigenvalue weighted by Crippen LogP contribution is 2.21. The van der Waals surface area contributed by atoms with Gasteiger partial charge in [-0.2, -0.15) is 0 Å². The topological polar surface area (TPSA) is 20.3 Å². The lowest BCUT2D eigenvalue weighted by atomic mass is 9.96. The van der Waals surface area contributed by atoms with Crippen LogP contribution in [0.5, 0.6) is 0 Å². The molecular weight excluding hydrogens is 278 g/mol. The van der Waals surface area contributed by atoms with Crippen molar-refractivity contribution in [3.63, 3.8) is 0 Å². The number of halogens is 1. The first-order chi connectivity index (χ1) is 7.70. The molecular formula is C14H20BrNO. The Kier molecular flexibility index (Phi) is 4.36. The van der Waals surface area contributed by atoms with Crippen molar-refractivity contribution in [2.45, 2.75) is 27.7 Å². The van der Waals surface area contributed by atoms with Crippen molar-refractivity contribution in [1.29, 1.82) is 0 Å². The molecule has 0 aliphatic heterocycles. The molecule has 0 bridgehead atoms. The van der Waals surface area contributed by atoms with Crippen molar-refractivity contribution >= 4 is 21.8 Å². The highest BCUT2D eigenvalue weighted by atomic mass is 79.9. The van der Waals surface area contributed by atoms with E-state index in [1.165, 1.54) is 0 Å². The summed E-state index contributed by atoms with van der Waals surface area (Å²) in [6.07, 6.45) is 0. The van der Waals surface area contributed by atoms with Gasteiger partial charge in [-0.25, -0.2) is 0 Å². The quantitative estimate of drug-likeness (QED) is 0.811. The minimum atomic E-state index is 0.0619. The largest absolute Gasteiger partial charge is 0.341 e. The molecule has 17 heavy (non-hydrogen) atoms. The zero-order chi connectivity index (χ0) is 13.2. The number of hydrogen-bond acceptors (Lipinski definition) is 1. The van der Waals surface area contributed by atoms with Gasteiger partial charge in [0.15, 0.2) is 0 Å². The second-order valence-corrected chi connectivity index (χ2v) is 6.56. The Morgan fingerprint density at radius 3 is 2.41 bits per heavy atom. The molecule has 1 aromatic carbocycles. The van der Waals surface area contributed by atoms with Crippen LogP contribution in [0.3, 0.4) is 0 Å². The molecule has 0 unspecified atom stereocenters. The summed E-state index contributed by atoms with van der Waals surface area (Å²) in [5.74, 6) is 0.0619. The third kappa shape index (κ3) is 4.15. The average molecular weight is 298 g/mol. The van der Waals surface area contributed by atoms with Gasteiger partial charge >= 0.3 is 0 Å². The van der Waals surface area contributed by atoms with Crippen LogP contribution in [0.4, 0.5) is 0 Å². The second kappa shape index (κ2) is 5.21. The molecule has 0 atom stereocenters. The van der Waals surface area contributed by atoms with Gasteiger partial charge in [-0.1, -0.05) is 26.8 Å². The summed E-state index contributed by atoms with van der Waals surface area (Å²) in [6, 6.07) is 5.81. The number of benzene rings is 1. The lowest BCUT2D eigenvalue weighted by Crippen LogP contribution is -2.34. The molecule has 0 radical (unpaired) electrons. The number of aryl methyl sites for hydroxylation is 1. The normalized spacial score (nSPS) is 11.4. The summed E-state index contributed by atoms with van der Waals surface area (Å²) in [4.78, 5) is 14.0. The fourth-order valence-corrected chi connectivity index (χ4v) is 2.45. The van der Waals surface area contributed by atoms with Gasteiger partial charge in [0.2, 0.25) is 0 Å². The molecule has 0 spiro atoms. The Morgan fingerprint density at radius 2 is 1.94 bits per heavy atom. The van der Waals surface area contributed by atoms with Crippen LogP contribution in [0.2, 0.25) is 0 Å². The van der Waals surface area contributed by atoms with Crippen molar-refractivity contribution in [3.05, 3.63) is 33.8 Å². The molecule has 1 aromatic rings. The zero-order valence-corrected chi connectivity index (χ0v) is 12.8. The van der Waals surface area contributed by atoms with E-state index in [0.29, 0.717) is 0 Å². The summed E-state index contributed by atoms with van der Waals surface area (Å²) >= 11 is 3.45. The van der Waals surface area contributed by atoms with Gasteiger partial charge in [0.25, 0.3) is 5.91 Å². The number of carbonyl (C=O) groups excluding carboxylic acids is 1. The maximum atomic E-state index is 12.3. The van der Waals surface area contributed by atoms with Gasteiger partial charge in [-0.05, 0) is 46.0 Å². The zero-order valence-electron chi connectivity index (χ0n) is 11.2. The van der Waals surface area contributed by atoms with E-state index in [1.54, 1.807) is 4.90 Å². The molecule has 94 valence electrons. The highest BCUT2D eigenvalue weighted by Gasteiger charge is 2.20. The maximum Gasteiger partial charge on any atom is 0.254 e. The first-order valence-electron chi connectivity index (χ1n) is 5.72. The van der Waals surface area contributed by atoms with Crippen LogP contribution >= 0.6 is 15.9 Å². The Hall–Kier alpha value is -0.830. The van der Waals surface area contributed by atoms with E-state index in [4.69, 9.17) is 0 Å². The predicted octanol–water partition coefficient (Wildman–Crippen LogP) is 3.88. The Morgan fingerprint density at radius 1 is 1.35 bits per heavy atom. The molecule has 0 aromatic heterocycles. The van der Waals surface area contributed by atoms with E-state index >= 15 is 0 Å². The lowest BCUT2D eigenvalue weighted by molar-refractivity contribution is 0.0745. The van der Waals surface area contributed by atoms with Gasteiger partial charge in [0.1, 0.15) is 0 Å². The fraction of sp³-hybridized carbons (Fsp3) is 0.500. The molecule has 1 amide bonds. The number of nitrogens with zero attached hydrogens (tertiary/aromatic N) is 1. The standard InChI is InChI=1S/C14H20BrNO/c1-10-6-7-11(12(15)8-10)13(17)16(5)9-14(2,3)4/h6-8H,9H2,1-5H3. The van der Waals surface area contributed by atoms with Crippen LogP contribution in [0.1, 0.15) is 36.7 Å². The molecule has 0 heterocycles. The third-order valence-electron chi connectivity index (χ3n) is 2.41. The van der Waals surface area contributed by atoms with E-state index in [-0.39, 0.29) is 11.3 Å². The van der Waals surface area contributed by atoms with Gasteiger partial charge in [0, 0.05) is 18.1 Å². The minimum Gasteiger partial charge on any atom is -0.341 e. The van der Waals surface area contributed by atoms with Crippen LogP contribution in [-0.2, 0) is 0 Å². The van der Waals surface area contributed by atoms with Crippen molar-refractivity contribution < 1.29 is 4.79 Å². The van der Waals surface area contributed by atoms with E-state index in [1.807, 2.05) is 32.2 Å². The average Bonchev–Trinajstić information content (AvgIpc) is 2.14. The molecule has 3 heteroatoms. The van der Waals surface area contributed by atoms with Crippen molar-refractivity contribution in [2.24, 2.45) is 5.41 Å². The van der Waals surface area contributed by atoms with Crippen molar-refractivity contribution in [2.75, 3.05) is 13.6 Å². The molecule has 0 aliphatic carbocycles. The summed E-state index contributed by atoms with van der Waals surface area (Å²) in [7, 11) is 1.85. The Bertz CT molecular complexity index is 421. The molecule has 2 nitrogen and oxygen atoms in total. The molecule has 0 saturated heterocycles. The lowest BCUT2D eigenvalue weighted by Gasteiger charge is -2.27. The molecule has 0 saturated carbocycles. The van der Waals surface area contributed by atoms with Gasteiger partial charge < -0.3 is 4.90 Å². The maximum absolute atomic E-state index is 12.3. The smallest absolute Gasteiger partial charge is 0.254 e. The predicted molar refractivity (Wildman–Crippen MR) is 75.3 cm³/mol. The van der Waals surface area contributed by atoms with E-state index in [9.17, 15) is 4.79 Å². The number of carbonyl (C=O) groups is 1. The van der Waals surface area contributed by atoms with Crippen molar-refractivity contribution in [1.82, 2.24) is 4.90 Å². The van der Waals surface area contributed by atoms with Gasteiger partial charge in [-0.3, -0.25) is 4.79 Å². The van der Waals surface area contributed by atoms with E-state index in [0.717, 1.165) is 22.1 Å². The van der Waals surface area contributed by atoms with Crippen LogP contribution < -0.4 is 0 Å². The summed E-state index contributed by atoms with van der Waals surface area (Å²) in [6.45, 7) is 9.13. The first kappa shape index (κ1) is 14.2. The Labute approximate surface area is 112 Å². The first-order valence-corrected chi connectivity index (χ1v) is 6.51.